The molecule has 1 aliphatic rings. The number of hydrogen-bond acceptors (Lipinski definition) is 5. The molecule has 3 rings (SSSR count). The molecule has 162 valence electrons. The summed E-state index contributed by atoms with van der Waals surface area (Å²) in [6, 6.07) is 10.9. The molecule has 7 nitrogen and oxygen atoms in total. The number of piperazine rings is 1. The Labute approximate surface area is 179 Å². The van der Waals surface area contributed by atoms with Gasteiger partial charge in [-0.05, 0) is 75.0 Å². The van der Waals surface area contributed by atoms with Crippen molar-refractivity contribution in [3.05, 3.63) is 53.1 Å². The molecular formula is C22H30N4O3S. The van der Waals surface area contributed by atoms with Gasteiger partial charge in [0.05, 0.1) is 4.90 Å². The fourth-order valence-corrected chi connectivity index (χ4v) is 4.69. The molecule has 2 aromatic carbocycles. The second-order valence-corrected chi connectivity index (χ2v) is 9.40. The molecule has 8 heteroatoms. The second-order valence-electron chi connectivity index (χ2n) is 7.55. The predicted molar refractivity (Wildman–Crippen MR) is 121 cm³/mol. The highest BCUT2D eigenvalue weighted by molar-refractivity contribution is 7.89. The number of nitrogens with zero attached hydrogens (tertiary/aromatic N) is 2. The Morgan fingerprint density at radius 1 is 1.03 bits per heavy atom. The van der Waals surface area contributed by atoms with Gasteiger partial charge < -0.3 is 15.1 Å². The topological polar surface area (TPSA) is 81.8 Å². The summed E-state index contributed by atoms with van der Waals surface area (Å²) in [7, 11) is -2.28. The van der Waals surface area contributed by atoms with Gasteiger partial charge in [-0.15, -0.1) is 0 Å². The molecular weight excluding hydrogens is 400 g/mol. The maximum absolute atomic E-state index is 12.8. The van der Waals surface area contributed by atoms with Crippen LogP contribution in [0, 0.1) is 13.8 Å². The molecule has 30 heavy (non-hydrogen) atoms. The van der Waals surface area contributed by atoms with Crippen LogP contribution in [0.4, 0.5) is 11.4 Å². The van der Waals surface area contributed by atoms with Crippen LogP contribution in [0.5, 0.6) is 0 Å². The Kier molecular flexibility index (Phi) is 6.80. The monoisotopic (exact) mass is 430 g/mol. The van der Waals surface area contributed by atoms with E-state index in [0.29, 0.717) is 16.8 Å². The van der Waals surface area contributed by atoms with Crippen molar-refractivity contribution in [2.45, 2.75) is 25.7 Å². The van der Waals surface area contributed by atoms with Gasteiger partial charge in [-0.2, -0.15) is 0 Å². The minimum absolute atomic E-state index is 0.122. The largest absolute Gasteiger partial charge is 0.369 e. The van der Waals surface area contributed by atoms with Crippen LogP contribution in [0.25, 0.3) is 0 Å². The van der Waals surface area contributed by atoms with Gasteiger partial charge in [-0.3, -0.25) is 4.79 Å². The Hall–Kier alpha value is -2.42. The van der Waals surface area contributed by atoms with Crippen molar-refractivity contribution >= 4 is 27.3 Å². The molecule has 0 aliphatic carbocycles. The molecule has 0 aromatic heterocycles. The Bertz CT molecular complexity index is 1010. The van der Waals surface area contributed by atoms with Gasteiger partial charge in [0.1, 0.15) is 0 Å². The molecule has 0 unspecified atom stereocenters. The lowest BCUT2D eigenvalue weighted by molar-refractivity contribution is 0.102. The van der Waals surface area contributed by atoms with Crippen LogP contribution in [0.3, 0.4) is 0 Å². The zero-order chi connectivity index (χ0) is 21.9. The second kappa shape index (κ2) is 9.16. The summed E-state index contributed by atoms with van der Waals surface area (Å²) in [5.41, 5.74) is 3.50. The molecule has 1 saturated heterocycles. The molecule has 0 spiro atoms. The van der Waals surface area contributed by atoms with E-state index in [-0.39, 0.29) is 10.8 Å². The minimum Gasteiger partial charge on any atom is -0.369 e. The van der Waals surface area contributed by atoms with Gasteiger partial charge >= 0.3 is 0 Å². The van der Waals surface area contributed by atoms with Crippen molar-refractivity contribution < 1.29 is 13.2 Å². The quantitative estimate of drug-likeness (QED) is 0.736. The smallest absolute Gasteiger partial charge is 0.255 e. The van der Waals surface area contributed by atoms with E-state index in [1.54, 1.807) is 19.9 Å². The lowest BCUT2D eigenvalue weighted by Gasteiger charge is -2.35. The van der Waals surface area contributed by atoms with Crippen LogP contribution in [0.15, 0.2) is 41.3 Å². The Balaban J connectivity index is 1.74. The van der Waals surface area contributed by atoms with E-state index in [1.807, 2.05) is 24.3 Å². The molecule has 0 atom stereocenters. The first-order valence-electron chi connectivity index (χ1n) is 10.2. The zero-order valence-electron chi connectivity index (χ0n) is 18.0. The van der Waals surface area contributed by atoms with E-state index in [4.69, 9.17) is 0 Å². The summed E-state index contributed by atoms with van der Waals surface area (Å²) in [5.74, 6) is -0.338. The predicted octanol–water partition coefficient (Wildman–Crippen LogP) is 2.61. The van der Waals surface area contributed by atoms with Crippen LogP contribution in [0.1, 0.15) is 28.4 Å². The number of amides is 1. The highest BCUT2D eigenvalue weighted by atomic mass is 32.2. The third-order valence-corrected chi connectivity index (χ3v) is 7.29. The molecule has 1 amide bonds. The Morgan fingerprint density at radius 3 is 2.23 bits per heavy atom. The van der Waals surface area contributed by atoms with Crippen molar-refractivity contribution in [3.63, 3.8) is 0 Å². The fourth-order valence-electron chi connectivity index (χ4n) is 3.63. The SMILES string of the molecule is CCN1CCN(c2ccc(NC(=O)c3cc(C)c(C)c(S(=O)(=O)NC)c3)cc2)CC1. The van der Waals surface area contributed by atoms with Crippen molar-refractivity contribution in [2.24, 2.45) is 0 Å². The number of likely N-dealkylation sites (N-methyl/N-ethyl adjacent to an activating group) is 1. The first-order valence-corrected chi connectivity index (χ1v) is 11.7. The van der Waals surface area contributed by atoms with Gasteiger partial charge in [0.25, 0.3) is 5.91 Å². The highest BCUT2D eigenvalue weighted by Crippen LogP contribution is 2.23. The molecule has 0 saturated carbocycles. The first-order chi connectivity index (χ1) is 14.2. The number of nitrogens with one attached hydrogen (secondary N) is 2. The van der Waals surface area contributed by atoms with E-state index in [2.05, 4.69) is 26.8 Å². The van der Waals surface area contributed by atoms with Gasteiger partial charge in [0.2, 0.25) is 10.0 Å². The third kappa shape index (κ3) is 4.83. The number of anilines is 2. The maximum Gasteiger partial charge on any atom is 0.255 e. The minimum atomic E-state index is -3.64. The first kappa shape index (κ1) is 22.3. The Morgan fingerprint density at radius 2 is 1.67 bits per heavy atom. The van der Waals surface area contributed by atoms with Crippen LogP contribution in [0.2, 0.25) is 0 Å². The van der Waals surface area contributed by atoms with Crippen LogP contribution >= 0.6 is 0 Å². The molecule has 1 aliphatic heterocycles. The normalized spacial score (nSPS) is 15.3. The number of rotatable bonds is 6. The van der Waals surface area contributed by atoms with Gasteiger partial charge in [0, 0.05) is 43.1 Å². The number of carbonyl (C=O) groups excluding carboxylic acids is 1. The number of sulfonamides is 1. The molecule has 0 bridgehead atoms. The van der Waals surface area contributed by atoms with Gasteiger partial charge in [0.15, 0.2) is 0 Å². The maximum atomic E-state index is 12.8. The summed E-state index contributed by atoms with van der Waals surface area (Å²) in [6.07, 6.45) is 0. The number of aryl methyl sites for hydroxylation is 1. The highest BCUT2D eigenvalue weighted by Gasteiger charge is 2.20. The van der Waals surface area contributed by atoms with Crippen molar-refractivity contribution in [2.75, 3.05) is 50.0 Å². The number of carbonyl (C=O) groups is 1. The standard InChI is InChI=1S/C22H30N4O3S/c1-5-25-10-12-26(13-11-25)20-8-6-19(7-9-20)24-22(27)18-14-16(2)17(3)21(15-18)30(28,29)23-4/h6-9,14-15,23H,5,10-13H2,1-4H3,(H,24,27). The summed E-state index contributed by atoms with van der Waals surface area (Å²) in [4.78, 5) is 17.7. The van der Waals surface area contributed by atoms with Crippen molar-refractivity contribution in [1.82, 2.24) is 9.62 Å². The molecule has 1 fully saturated rings. The average molecular weight is 431 g/mol. The summed E-state index contributed by atoms with van der Waals surface area (Å²) in [5, 5.41) is 2.87. The van der Waals surface area contributed by atoms with E-state index in [1.165, 1.54) is 13.1 Å². The molecule has 2 aromatic rings. The van der Waals surface area contributed by atoms with Gasteiger partial charge in [-0.1, -0.05) is 6.92 Å². The molecule has 2 N–H and O–H groups in total. The van der Waals surface area contributed by atoms with Crippen molar-refractivity contribution in [1.29, 1.82) is 0 Å². The van der Waals surface area contributed by atoms with Crippen molar-refractivity contribution in [3.8, 4) is 0 Å². The van der Waals surface area contributed by atoms with E-state index >= 15 is 0 Å². The summed E-state index contributed by atoms with van der Waals surface area (Å²) >= 11 is 0. The molecule has 0 radical (unpaired) electrons. The summed E-state index contributed by atoms with van der Waals surface area (Å²) < 4.78 is 26.9. The fraction of sp³-hybridized carbons (Fsp3) is 0.409. The van der Waals surface area contributed by atoms with E-state index < -0.39 is 10.0 Å². The zero-order valence-corrected chi connectivity index (χ0v) is 18.8. The summed E-state index contributed by atoms with van der Waals surface area (Å²) in [6.45, 7) is 10.9. The third-order valence-electron chi connectivity index (χ3n) is 5.75. The van der Waals surface area contributed by atoms with E-state index in [0.717, 1.165) is 44.0 Å². The van der Waals surface area contributed by atoms with Crippen LogP contribution in [-0.4, -0.2) is 59.0 Å². The lowest BCUT2D eigenvalue weighted by Crippen LogP contribution is -2.46. The van der Waals surface area contributed by atoms with Crippen LogP contribution < -0.4 is 14.9 Å². The van der Waals surface area contributed by atoms with Gasteiger partial charge in [-0.25, -0.2) is 13.1 Å². The lowest BCUT2D eigenvalue weighted by atomic mass is 10.1. The average Bonchev–Trinajstić information content (AvgIpc) is 2.76. The molecule has 1 heterocycles. The van der Waals surface area contributed by atoms with E-state index in [9.17, 15) is 13.2 Å². The number of benzene rings is 2. The number of hydrogen-bond donors (Lipinski definition) is 2. The van der Waals surface area contributed by atoms with Crippen LogP contribution in [-0.2, 0) is 10.0 Å².